The third kappa shape index (κ3) is 4.09. The summed E-state index contributed by atoms with van der Waals surface area (Å²) < 4.78 is 19.7. The molecule has 28 heavy (non-hydrogen) atoms. The molecular weight excluding hydrogens is 374 g/mol. The van der Waals surface area contributed by atoms with Crippen molar-refractivity contribution in [3.8, 4) is 17.2 Å². The highest BCUT2D eigenvalue weighted by atomic mass is 32.2. The van der Waals surface area contributed by atoms with Crippen molar-refractivity contribution in [3.63, 3.8) is 0 Å². The lowest BCUT2D eigenvalue weighted by Gasteiger charge is -2.25. The molecule has 0 spiro atoms. The highest BCUT2D eigenvalue weighted by Crippen LogP contribution is 2.35. The molecule has 1 aromatic heterocycles. The van der Waals surface area contributed by atoms with Crippen LogP contribution in [0.15, 0.2) is 53.7 Å². The predicted octanol–water partition coefficient (Wildman–Crippen LogP) is 4.20. The summed E-state index contributed by atoms with van der Waals surface area (Å²) >= 11 is 1.67. The summed E-state index contributed by atoms with van der Waals surface area (Å²) in [6.07, 6.45) is 0.670. The monoisotopic (exact) mass is 397 g/mol. The van der Waals surface area contributed by atoms with Crippen LogP contribution in [0.25, 0.3) is 0 Å². The summed E-state index contributed by atoms with van der Waals surface area (Å²) in [7, 11) is 1.96. The van der Waals surface area contributed by atoms with E-state index in [1.807, 2.05) is 54.1 Å². The third-order valence-electron chi connectivity index (χ3n) is 4.54. The van der Waals surface area contributed by atoms with Crippen molar-refractivity contribution in [2.24, 2.45) is 7.05 Å². The molecule has 1 atom stereocenters. The van der Waals surface area contributed by atoms with Crippen molar-refractivity contribution in [1.82, 2.24) is 14.8 Å². The number of hydrogen-bond donors (Lipinski definition) is 0. The molecule has 0 N–H and O–H groups in total. The second-order valence-electron chi connectivity index (χ2n) is 6.58. The molecule has 7 heteroatoms. The average molecular weight is 398 g/mol. The summed E-state index contributed by atoms with van der Waals surface area (Å²) in [5.74, 6) is 4.13. The van der Waals surface area contributed by atoms with E-state index in [-0.39, 0.29) is 6.10 Å². The number of para-hydroxylation sites is 3. The smallest absolute Gasteiger partial charge is 0.192 e. The number of hydrogen-bond acceptors (Lipinski definition) is 6. The molecule has 2 aromatic carbocycles. The minimum Gasteiger partial charge on any atom is -0.493 e. The molecule has 1 unspecified atom stereocenters. The van der Waals surface area contributed by atoms with Gasteiger partial charge in [-0.25, -0.2) is 0 Å². The zero-order valence-electron chi connectivity index (χ0n) is 16.0. The van der Waals surface area contributed by atoms with Crippen molar-refractivity contribution in [2.75, 3.05) is 19.0 Å². The fourth-order valence-corrected chi connectivity index (χ4v) is 3.83. The topological polar surface area (TPSA) is 58.4 Å². The quantitative estimate of drug-likeness (QED) is 0.440. The number of ether oxygens (including phenoxy) is 3. The van der Waals surface area contributed by atoms with Crippen LogP contribution in [0.4, 0.5) is 0 Å². The largest absolute Gasteiger partial charge is 0.493 e. The number of rotatable bonds is 7. The molecule has 0 aliphatic carbocycles. The van der Waals surface area contributed by atoms with Gasteiger partial charge < -0.3 is 18.8 Å². The van der Waals surface area contributed by atoms with Crippen LogP contribution >= 0.6 is 11.8 Å². The summed E-state index contributed by atoms with van der Waals surface area (Å²) in [5.41, 5.74) is 1.16. The highest BCUT2D eigenvalue weighted by Gasteiger charge is 2.27. The van der Waals surface area contributed by atoms with E-state index < -0.39 is 0 Å². The first-order valence-corrected chi connectivity index (χ1v) is 10.3. The Morgan fingerprint density at radius 1 is 1.11 bits per heavy atom. The van der Waals surface area contributed by atoms with Gasteiger partial charge in [-0.1, -0.05) is 42.1 Å². The minimum absolute atomic E-state index is 0.258. The minimum atomic E-state index is -0.258. The Labute approximate surface area is 168 Å². The fraction of sp³-hybridized carbons (Fsp3) is 0.333. The van der Waals surface area contributed by atoms with Gasteiger partial charge in [-0.3, -0.25) is 0 Å². The lowest BCUT2D eigenvalue weighted by Crippen LogP contribution is -2.24. The summed E-state index contributed by atoms with van der Waals surface area (Å²) in [6.45, 7) is 3.16. The lowest BCUT2D eigenvalue weighted by atomic mass is 10.2. The van der Waals surface area contributed by atoms with E-state index in [9.17, 15) is 0 Å². The first kappa shape index (κ1) is 18.7. The summed E-state index contributed by atoms with van der Waals surface area (Å²) in [5, 5.41) is 9.51. The highest BCUT2D eigenvalue weighted by molar-refractivity contribution is 7.99. The van der Waals surface area contributed by atoms with Crippen LogP contribution in [0, 0.1) is 6.92 Å². The van der Waals surface area contributed by atoms with Crippen molar-refractivity contribution < 1.29 is 14.2 Å². The standard InChI is InChI=1S/C21H23N3O3S/c1-15-8-3-4-9-16(15)25-12-7-13-28-21-23-22-20(24(21)2)19-14-26-17-10-5-6-11-18(17)27-19/h3-6,8-11,19H,7,12-14H2,1-2H3. The van der Waals surface area contributed by atoms with E-state index in [2.05, 4.69) is 23.2 Å². The van der Waals surface area contributed by atoms with Crippen molar-refractivity contribution in [2.45, 2.75) is 24.6 Å². The van der Waals surface area contributed by atoms with Crippen molar-refractivity contribution in [1.29, 1.82) is 0 Å². The van der Waals surface area contributed by atoms with E-state index in [4.69, 9.17) is 14.2 Å². The maximum Gasteiger partial charge on any atom is 0.192 e. The molecule has 1 aliphatic heterocycles. The SMILES string of the molecule is Cc1ccccc1OCCCSc1nnc(C2COc3ccccc3O2)n1C. The third-order valence-corrected chi connectivity index (χ3v) is 5.64. The second kappa shape index (κ2) is 8.56. The normalized spacial score (nSPS) is 15.4. The fourth-order valence-electron chi connectivity index (χ4n) is 3.00. The molecule has 2 heterocycles. The summed E-state index contributed by atoms with van der Waals surface area (Å²) in [4.78, 5) is 0. The molecule has 0 saturated carbocycles. The van der Waals surface area contributed by atoms with Gasteiger partial charge in [0.2, 0.25) is 0 Å². The first-order chi connectivity index (χ1) is 13.7. The van der Waals surface area contributed by atoms with E-state index in [0.29, 0.717) is 13.2 Å². The predicted molar refractivity (Wildman–Crippen MR) is 108 cm³/mol. The first-order valence-electron chi connectivity index (χ1n) is 9.31. The van der Waals surface area contributed by atoms with Gasteiger partial charge in [-0.05, 0) is 37.1 Å². The van der Waals surface area contributed by atoms with Crippen LogP contribution < -0.4 is 14.2 Å². The number of nitrogens with zero attached hydrogens (tertiary/aromatic N) is 3. The van der Waals surface area contributed by atoms with Gasteiger partial charge in [0.05, 0.1) is 6.61 Å². The Hall–Kier alpha value is -2.67. The number of thioether (sulfide) groups is 1. The number of aromatic nitrogens is 3. The Bertz CT molecular complexity index is 944. The molecular formula is C21H23N3O3S. The molecule has 0 fully saturated rings. The molecule has 3 aromatic rings. The Morgan fingerprint density at radius 2 is 1.89 bits per heavy atom. The van der Waals surface area contributed by atoms with Crippen LogP contribution in [-0.2, 0) is 7.05 Å². The number of benzene rings is 2. The van der Waals surface area contributed by atoms with Gasteiger partial charge in [0, 0.05) is 12.8 Å². The van der Waals surface area contributed by atoms with E-state index in [0.717, 1.165) is 46.0 Å². The van der Waals surface area contributed by atoms with Gasteiger partial charge >= 0.3 is 0 Å². The molecule has 0 saturated heterocycles. The number of aryl methyl sites for hydroxylation is 1. The van der Waals surface area contributed by atoms with Gasteiger partial charge in [-0.2, -0.15) is 0 Å². The van der Waals surface area contributed by atoms with Crippen molar-refractivity contribution >= 4 is 11.8 Å². The Morgan fingerprint density at radius 3 is 2.75 bits per heavy atom. The van der Waals surface area contributed by atoms with E-state index in [1.54, 1.807) is 11.8 Å². The van der Waals surface area contributed by atoms with Gasteiger partial charge in [0.1, 0.15) is 12.4 Å². The molecule has 1 aliphatic rings. The Kier molecular flexibility index (Phi) is 5.71. The molecule has 0 bridgehead atoms. The summed E-state index contributed by atoms with van der Waals surface area (Å²) in [6, 6.07) is 15.7. The lowest BCUT2D eigenvalue weighted by molar-refractivity contribution is 0.0825. The molecule has 6 nitrogen and oxygen atoms in total. The van der Waals surface area contributed by atoms with Crippen molar-refractivity contribution in [3.05, 3.63) is 59.9 Å². The molecule has 146 valence electrons. The van der Waals surface area contributed by atoms with Gasteiger partial charge in [0.15, 0.2) is 28.6 Å². The Balaban J connectivity index is 1.29. The van der Waals surface area contributed by atoms with Crippen LogP contribution in [-0.4, -0.2) is 33.7 Å². The van der Waals surface area contributed by atoms with Gasteiger partial charge in [0.25, 0.3) is 0 Å². The van der Waals surface area contributed by atoms with Crippen LogP contribution in [0.1, 0.15) is 23.9 Å². The van der Waals surface area contributed by atoms with Crippen LogP contribution in [0.5, 0.6) is 17.2 Å². The zero-order valence-corrected chi connectivity index (χ0v) is 16.8. The second-order valence-corrected chi connectivity index (χ2v) is 7.64. The number of fused-ring (bicyclic) bond motifs is 1. The molecule has 0 amide bonds. The van der Waals surface area contributed by atoms with Gasteiger partial charge in [-0.15, -0.1) is 10.2 Å². The maximum atomic E-state index is 6.04. The molecule has 0 radical (unpaired) electrons. The van der Waals surface area contributed by atoms with E-state index in [1.165, 1.54) is 0 Å². The van der Waals surface area contributed by atoms with E-state index >= 15 is 0 Å². The maximum absolute atomic E-state index is 6.04. The molecule has 4 rings (SSSR count). The van der Waals surface area contributed by atoms with Crippen LogP contribution in [0.2, 0.25) is 0 Å². The van der Waals surface area contributed by atoms with Crippen LogP contribution in [0.3, 0.4) is 0 Å². The average Bonchev–Trinajstić information content (AvgIpc) is 3.09. The zero-order chi connectivity index (χ0) is 19.3.